The zero-order chi connectivity index (χ0) is 17.4. The summed E-state index contributed by atoms with van der Waals surface area (Å²) in [6, 6.07) is 3.30. The number of nitrogens with zero attached hydrogens (tertiary/aromatic N) is 1. The molecule has 0 saturated carbocycles. The van der Waals surface area contributed by atoms with Gasteiger partial charge in [0.1, 0.15) is 0 Å². The molecular weight excluding hydrogens is 306 g/mol. The fourth-order valence-electron chi connectivity index (χ4n) is 1.76. The number of isocyanates is 1. The topological polar surface area (TPSA) is 108 Å². The standard InChI is InChI=1S/C15H15NO7/c1-9(18)22-13-5-4-11(7-14(13)23-10(2)19)6-12(16-8-17)15(20)21-3/h4-5,7,12H,6H2,1-3H3. The van der Waals surface area contributed by atoms with Crippen LogP contribution in [0.15, 0.2) is 23.2 Å². The molecule has 1 atom stereocenters. The molecule has 0 amide bonds. The summed E-state index contributed by atoms with van der Waals surface area (Å²) in [7, 11) is 1.17. The Morgan fingerprint density at radius 1 is 1.13 bits per heavy atom. The summed E-state index contributed by atoms with van der Waals surface area (Å²) in [5, 5.41) is 0. The van der Waals surface area contributed by atoms with Gasteiger partial charge in [0.05, 0.1) is 7.11 Å². The first-order valence-corrected chi connectivity index (χ1v) is 6.52. The zero-order valence-corrected chi connectivity index (χ0v) is 12.8. The summed E-state index contributed by atoms with van der Waals surface area (Å²) < 4.78 is 14.4. The van der Waals surface area contributed by atoms with E-state index in [0.717, 1.165) is 0 Å². The van der Waals surface area contributed by atoms with E-state index < -0.39 is 23.9 Å². The Bertz CT molecular complexity index is 662. The van der Waals surface area contributed by atoms with Crippen molar-refractivity contribution in [2.45, 2.75) is 26.3 Å². The van der Waals surface area contributed by atoms with Gasteiger partial charge in [-0.05, 0) is 17.7 Å². The minimum atomic E-state index is -1.07. The average Bonchev–Trinajstić information content (AvgIpc) is 2.47. The summed E-state index contributed by atoms with van der Waals surface area (Å²) in [5.74, 6) is -1.81. The number of carbonyl (C=O) groups is 3. The number of benzene rings is 1. The van der Waals surface area contributed by atoms with Crippen LogP contribution in [0.25, 0.3) is 0 Å². The van der Waals surface area contributed by atoms with Crippen LogP contribution in [0.3, 0.4) is 0 Å². The molecule has 0 aliphatic rings. The van der Waals surface area contributed by atoms with Gasteiger partial charge in [-0.1, -0.05) is 6.07 Å². The smallest absolute Gasteiger partial charge is 0.331 e. The SMILES string of the molecule is COC(=O)C(Cc1ccc(OC(C)=O)c(OC(C)=O)c1)N=C=O. The second kappa shape index (κ2) is 8.45. The van der Waals surface area contributed by atoms with Crippen molar-refractivity contribution < 1.29 is 33.4 Å². The number of methoxy groups -OCH3 is 1. The highest BCUT2D eigenvalue weighted by Gasteiger charge is 2.20. The molecule has 1 aromatic rings. The summed E-state index contributed by atoms with van der Waals surface area (Å²) in [6.07, 6.45) is 1.33. The minimum Gasteiger partial charge on any atom is -0.467 e. The second-order valence-electron chi connectivity index (χ2n) is 4.43. The fourth-order valence-corrected chi connectivity index (χ4v) is 1.76. The predicted molar refractivity (Wildman–Crippen MR) is 76.7 cm³/mol. The van der Waals surface area contributed by atoms with Gasteiger partial charge < -0.3 is 14.2 Å². The molecule has 0 aliphatic carbocycles. The summed E-state index contributed by atoms with van der Waals surface area (Å²) in [4.78, 5) is 47.5. The highest BCUT2D eigenvalue weighted by atomic mass is 16.6. The van der Waals surface area contributed by atoms with E-state index in [4.69, 9.17) is 9.47 Å². The summed E-state index contributed by atoms with van der Waals surface area (Å²) in [5.41, 5.74) is 0.520. The van der Waals surface area contributed by atoms with Crippen molar-refractivity contribution in [3.8, 4) is 11.5 Å². The van der Waals surface area contributed by atoms with Gasteiger partial charge in [-0.15, -0.1) is 0 Å². The number of aliphatic imine (C=N–C) groups is 1. The number of carbonyl (C=O) groups excluding carboxylic acids is 4. The van der Waals surface area contributed by atoms with Crippen molar-refractivity contribution >= 4 is 24.0 Å². The van der Waals surface area contributed by atoms with E-state index in [2.05, 4.69) is 9.73 Å². The van der Waals surface area contributed by atoms with Crippen LogP contribution in [-0.4, -0.2) is 37.1 Å². The van der Waals surface area contributed by atoms with Gasteiger partial charge in [0.15, 0.2) is 17.5 Å². The summed E-state index contributed by atoms with van der Waals surface area (Å²) >= 11 is 0. The van der Waals surface area contributed by atoms with Crippen LogP contribution < -0.4 is 9.47 Å². The van der Waals surface area contributed by atoms with E-state index in [9.17, 15) is 19.2 Å². The summed E-state index contributed by atoms with van der Waals surface area (Å²) in [6.45, 7) is 2.40. The molecule has 0 N–H and O–H groups in total. The van der Waals surface area contributed by atoms with Crippen molar-refractivity contribution in [1.82, 2.24) is 0 Å². The molecule has 0 fully saturated rings. The molecule has 1 aromatic carbocycles. The largest absolute Gasteiger partial charge is 0.467 e. The van der Waals surface area contributed by atoms with Crippen molar-refractivity contribution in [1.29, 1.82) is 0 Å². The lowest BCUT2D eigenvalue weighted by molar-refractivity contribution is -0.142. The lowest BCUT2D eigenvalue weighted by atomic mass is 10.1. The van der Waals surface area contributed by atoms with Crippen LogP contribution in [0, 0.1) is 0 Å². The van der Waals surface area contributed by atoms with Crippen LogP contribution in [0.1, 0.15) is 19.4 Å². The Balaban J connectivity index is 3.12. The van der Waals surface area contributed by atoms with Gasteiger partial charge in [0, 0.05) is 20.3 Å². The van der Waals surface area contributed by atoms with Gasteiger partial charge in [-0.25, -0.2) is 9.59 Å². The molecule has 23 heavy (non-hydrogen) atoms. The van der Waals surface area contributed by atoms with Crippen LogP contribution in [0.4, 0.5) is 0 Å². The molecule has 1 rings (SSSR count). The van der Waals surface area contributed by atoms with Gasteiger partial charge in [0.2, 0.25) is 6.08 Å². The normalized spacial score (nSPS) is 10.9. The lowest BCUT2D eigenvalue weighted by Crippen LogP contribution is -2.22. The Morgan fingerprint density at radius 2 is 1.74 bits per heavy atom. The molecule has 122 valence electrons. The molecular formula is C15H15NO7. The number of hydrogen-bond donors (Lipinski definition) is 0. The molecule has 8 heteroatoms. The van der Waals surface area contributed by atoms with E-state index in [1.54, 1.807) is 6.07 Å². The number of rotatable bonds is 6. The monoisotopic (exact) mass is 321 g/mol. The molecule has 1 unspecified atom stereocenters. The highest BCUT2D eigenvalue weighted by molar-refractivity contribution is 5.77. The molecule has 8 nitrogen and oxygen atoms in total. The van der Waals surface area contributed by atoms with Crippen LogP contribution >= 0.6 is 0 Å². The van der Waals surface area contributed by atoms with E-state index in [1.165, 1.54) is 39.2 Å². The van der Waals surface area contributed by atoms with E-state index in [1.807, 2.05) is 0 Å². The molecule has 0 saturated heterocycles. The molecule has 0 radical (unpaired) electrons. The quantitative estimate of drug-likeness (QED) is 0.332. The van der Waals surface area contributed by atoms with Crippen molar-refractivity contribution in [2.75, 3.05) is 7.11 Å². The first-order chi connectivity index (χ1) is 10.9. The Hall–Kier alpha value is -2.99. The van der Waals surface area contributed by atoms with Gasteiger partial charge in [-0.2, -0.15) is 4.99 Å². The van der Waals surface area contributed by atoms with E-state index in [0.29, 0.717) is 5.56 Å². The Morgan fingerprint density at radius 3 is 2.26 bits per heavy atom. The number of hydrogen-bond acceptors (Lipinski definition) is 8. The molecule has 0 bridgehead atoms. The lowest BCUT2D eigenvalue weighted by Gasteiger charge is -2.12. The van der Waals surface area contributed by atoms with Gasteiger partial charge in [-0.3, -0.25) is 9.59 Å². The third kappa shape index (κ3) is 5.72. The first kappa shape index (κ1) is 18.1. The minimum absolute atomic E-state index is 0.0175. The molecule has 0 aromatic heterocycles. The van der Waals surface area contributed by atoms with Crippen LogP contribution in [-0.2, 0) is 30.3 Å². The first-order valence-electron chi connectivity index (χ1n) is 6.52. The third-order valence-electron chi connectivity index (χ3n) is 2.63. The van der Waals surface area contributed by atoms with Crippen LogP contribution in [0.2, 0.25) is 0 Å². The molecule has 0 spiro atoms. The Labute approximate surface area is 132 Å². The fraction of sp³-hybridized carbons (Fsp3) is 0.333. The molecule has 0 aliphatic heterocycles. The maximum absolute atomic E-state index is 11.5. The third-order valence-corrected chi connectivity index (χ3v) is 2.63. The zero-order valence-electron chi connectivity index (χ0n) is 12.8. The molecule has 0 heterocycles. The van der Waals surface area contributed by atoms with Crippen molar-refractivity contribution in [2.24, 2.45) is 4.99 Å². The highest BCUT2D eigenvalue weighted by Crippen LogP contribution is 2.29. The maximum Gasteiger partial charge on any atom is 0.331 e. The van der Waals surface area contributed by atoms with Crippen LogP contribution in [0.5, 0.6) is 11.5 Å². The van der Waals surface area contributed by atoms with Gasteiger partial charge in [0.25, 0.3) is 0 Å². The Kier molecular flexibility index (Phi) is 6.64. The number of esters is 3. The number of ether oxygens (including phenoxy) is 3. The van der Waals surface area contributed by atoms with Gasteiger partial charge >= 0.3 is 17.9 Å². The van der Waals surface area contributed by atoms with E-state index in [-0.39, 0.29) is 17.9 Å². The average molecular weight is 321 g/mol. The predicted octanol–water partition coefficient (Wildman–Crippen LogP) is 0.957. The second-order valence-corrected chi connectivity index (χ2v) is 4.43. The van der Waals surface area contributed by atoms with E-state index >= 15 is 0 Å². The van der Waals surface area contributed by atoms with Crippen molar-refractivity contribution in [3.05, 3.63) is 23.8 Å². The maximum atomic E-state index is 11.5. The van der Waals surface area contributed by atoms with Crippen molar-refractivity contribution in [3.63, 3.8) is 0 Å².